The van der Waals surface area contributed by atoms with Crippen LogP contribution in [0, 0.1) is 12.8 Å². The number of aliphatic carboxylic acids is 1. The molecule has 0 radical (unpaired) electrons. The van der Waals surface area contributed by atoms with Crippen LogP contribution >= 0.6 is 11.3 Å². The van der Waals surface area contributed by atoms with Crippen molar-refractivity contribution in [2.45, 2.75) is 39.7 Å². The maximum Gasteiger partial charge on any atom is 0.305 e. The Morgan fingerprint density at radius 2 is 2.17 bits per heavy atom. The quantitative estimate of drug-likeness (QED) is 0.844. The van der Waals surface area contributed by atoms with Crippen molar-refractivity contribution in [2.75, 3.05) is 0 Å². The Hall–Kier alpha value is -2.15. The number of aryl methyl sites for hydroxylation is 1. The SMILES string of the molecule is Cc1sc(-c2ccco2)nc1C(=O)NC(C)(CC(=O)O)C(C)C. The molecule has 0 spiro atoms. The van der Waals surface area contributed by atoms with Gasteiger partial charge >= 0.3 is 5.97 Å². The Bertz CT molecular complexity index is 706. The average Bonchev–Trinajstić information content (AvgIpc) is 3.05. The standard InChI is InChI=1S/C16H20N2O4S/c1-9(2)16(4,8-12(19)20)18-14(21)13-10(3)23-15(17-13)11-6-5-7-22-11/h5-7,9H,8H2,1-4H3,(H,18,21)(H,19,20). The third-order valence-electron chi connectivity index (χ3n) is 3.94. The third kappa shape index (κ3) is 3.79. The van der Waals surface area contributed by atoms with Crippen LogP contribution in [0.1, 0.15) is 42.6 Å². The van der Waals surface area contributed by atoms with E-state index in [4.69, 9.17) is 9.52 Å². The number of carbonyl (C=O) groups excluding carboxylic acids is 1. The van der Waals surface area contributed by atoms with Gasteiger partial charge in [-0.25, -0.2) is 4.98 Å². The summed E-state index contributed by atoms with van der Waals surface area (Å²) >= 11 is 1.37. The van der Waals surface area contributed by atoms with Crippen LogP contribution in [0.25, 0.3) is 10.8 Å². The second-order valence-electron chi connectivity index (χ2n) is 6.00. The first-order valence-electron chi connectivity index (χ1n) is 7.28. The summed E-state index contributed by atoms with van der Waals surface area (Å²) in [6.45, 7) is 7.30. The Labute approximate surface area is 138 Å². The monoisotopic (exact) mass is 336 g/mol. The molecular formula is C16H20N2O4S. The van der Waals surface area contributed by atoms with E-state index in [-0.39, 0.29) is 18.2 Å². The van der Waals surface area contributed by atoms with E-state index in [1.54, 1.807) is 25.3 Å². The molecule has 1 unspecified atom stereocenters. The van der Waals surface area contributed by atoms with Gasteiger partial charge in [-0.1, -0.05) is 13.8 Å². The van der Waals surface area contributed by atoms with Crippen LogP contribution in [0.5, 0.6) is 0 Å². The smallest absolute Gasteiger partial charge is 0.305 e. The maximum absolute atomic E-state index is 12.6. The van der Waals surface area contributed by atoms with Gasteiger partial charge in [0.2, 0.25) is 0 Å². The van der Waals surface area contributed by atoms with Crippen LogP contribution in [0.4, 0.5) is 0 Å². The summed E-state index contributed by atoms with van der Waals surface area (Å²) in [5.74, 6) is -0.748. The second kappa shape index (κ2) is 6.54. The Morgan fingerprint density at radius 3 is 2.70 bits per heavy atom. The number of amides is 1. The van der Waals surface area contributed by atoms with E-state index in [9.17, 15) is 9.59 Å². The minimum absolute atomic E-state index is 0.0361. The maximum atomic E-state index is 12.6. The van der Waals surface area contributed by atoms with E-state index >= 15 is 0 Å². The third-order valence-corrected chi connectivity index (χ3v) is 4.92. The number of carboxylic acid groups (broad SMARTS) is 1. The molecule has 0 aliphatic rings. The minimum Gasteiger partial charge on any atom is -0.481 e. The molecule has 124 valence electrons. The van der Waals surface area contributed by atoms with Gasteiger partial charge in [0.25, 0.3) is 5.91 Å². The summed E-state index contributed by atoms with van der Waals surface area (Å²) in [6, 6.07) is 3.54. The summed E-state index contributed by atoms with van der Waals surface area (Å²) < 4.78 is 5.30. The largest absolute Gasteiger partial charge is 0.481 e. The molecule has 2 N–H and O–H groups in total. The Morgan fingerprint density at radius 1 is 1.48 bits per heavy atom. The molecule has 1 atom stereocenters. The van der Waals surface area contributed by atoms with Gasteiger partial charge < -0.3 is 14.8 Å². The number of hydrogen-bond acceptors (Lipinski definition) is 5. The lowest BCUT2D eigenvalue weighted by Gasteiger charge is -2.33. The molecule has 7 heteroatoms. The summed E-state index contributed by atoms with van der Waals surface area (Å²) in [5, 5.41) is 12.5. The predicted molar refractivity (Wildman–Crippen MR) is 87.5 cm³/mol. The number of hydrogen-bond donors (Lipinski definition) is 2. The fourth-order valence-corrected chi connectivity index (χ4v) is 3.02. The van der Waals surface area contributed by atoms with E-state index in [0.717, 1.165) is 4.88 Å². The van der Waals surface area contributed by atoms with Gasteiger partial charge in [-0.3, -0.25) is 9.59 Å². The molecule has 0 saturated heterocycles. The molecule has 2 heterocycles. The van der Waals surface area contributed by atoms with Gasteiger partial charge in [0.15, 0.2) is 10.8 Å². The van der Waals surface area contributed by atoms with E-state index < -0.39 is 11.5 Å². The second-order valence-corrected chi connectivity index (χ2v) is 7.20. The van der Waals surface area contributed by atoms with Gasteiger partial charge in [-0.05, 0) is 31.9 Å². The van der Waals surface area contributed by atoms with Gasteiger partial charge in [0, 0.05) is 4.88 Å². The Balaban J connectivity index is 2.25. The van der Waals surface area contributed by atoms with Crippen LogP contribution in [-0.2, 0) is 4.79 Å². The molecular weight excluding hydrogens is 316 g/mol. The van der Waals surface area contributed by atoms with Crippen molar-refractivity contribution in [3.05, 3.63) is 29.0 Å². The molecule has 0 fully saturated rings. The number of nitrogens with one attached hydrogen (secondary N) is 1. The first-order valence-corrected chi connectivity index (χ1v) is 8.10. The van der Waals surface area contributed by atoms with Crippen molar-refractivity contribution in [3.63, 3.8) is 0 Å². The van der Waals surface area contributed by atoms with Crippen LogP contribution < -0.4 is 5.32 Å². The topological polar surface area (TPSA) is 92.4 Å². The zero-order valence-electron chi connectivity index (χ0n) is 13.5. The molecule has 2 rings (SSSR count). The van der Waals surface area contributed by atoms with Crippen LogP contribution in [0.2, 0.25) is 0 Å². The lowest BCUT2D eigenvalue weighted by molar-refractivity contribution is -0.138. The number of thiazole rings is 1. The van der Waals surface area contributed by atoms with Crippen LogP contribution in [0.3, 0.4) is 0 Å². The summed E-state index contributed by atoms with van der Waals surface area (Å²) in [4.78, 5) is 28.7. The molecule has 0 aliphatic heterocycles. The van der Waals surface area contributed by atoms with Crippen molar-refractivity contribution >= 4 is 23.2 Å². The number of carbonyl (C=O) groups is 2. The first-order chi connectivity index (χ1) is 10.7. The molecule has 0 aromatic carbocycles. The molecule has 6 nitrogen and oxygen atoms in total. The lowest BCUT2D eigenvalue weighted by atomic mass is 9.85. The number of nitrogens with zero attached hydrogens (tertiary/aromatic N) is 1. The van der Waals surface area contributed by atoms with Gasteiger partial charge in [-0.2, -0.15) is 0 Å². The molecule has 1 amide bonds. The van der Waals surface area contributed by atoms with E-state index in [1.165, 1.54) is 11.3 Å². The van der Waals surface area contributed by atoms with Crippen molar-refractivity contribution in [2.24, 2.45) is 5.92 Å². The number of furan rings is 1. The molecule has 2 aromatic heterocycles. The fourth-order valence-electron chi connectivity index (χ4n) is 2.14. The number of aromatic nitrogens is 1. The molecule has 2 aromatic rings. The highest BCUT2D eigenvalue weighted by atomic mass is 32.1. The fraction of sp³-hybridized carbons (Fsp3) is 0.438. The zero-order chi connectivity index (χ0) is 17.2. The highest BCUT2D eigenvalue weighted by molar-refractivity contribution is 7.15. The van der Waals surface area contributed by atoms with Crippen molar-refractivity contribution in [1.29, 1.82) is 0 Å². The summed E-state index contributed by atoms with van der Waals surface area (Å²) in [5.41, 5.74) is -0.539. The zero-order valence-corrected chi connectivity index (χ0v) is 14.4. The summed E-state index contributed by atoms with van der Waals surface area (Å²) in [6.07, 6.45) is 1.40. The van der Waals surface area contributed by atoms with E-state index in [2.05, 4.69) is 10.3 Å². The van der Waals surface area contributed by atoms with E-state index in [1.807, 2.05) is 20.8 Å². The summed E-state index contributed by atoms with van der Waals surface area (Å²) in [7, 11) is 0. The van der Waals surface area contributed by atoms with Gasteiger partial charge in [0.1, 0.15) is 5.69 Å². The van der Waals surface area contributed by atoms with Crippen molar-refractivity contribution < 1.29 is 19.1 Å². The number of carboxylic acids is 1. The van der Waals surface area contributed by atoms with Crippen molar-refractivity contribution in [1.82, 2.24) is 10.3 Å². The van der Waals surface area contributed by atoms with Crippen LogP contribution in [0.15, 0.2) is 22.8 Å². The lowest BCUT2D eigenvalue weighted by Crippen LogP contribution is -2.51. The molecule has 0 bridgehead atoms. The molecule has 0 aliphatic carbocycles. The first kappa shape index (κ1) is 17.2. The van der Waals surface area contributed by atoms with E-state index in [0.29, 0.717) is 16.5 Å². The molecule has 23 heavy (non-hydrogen) atoms. The predicted octanol–water partition coefficient (Wildman–Crippen LogP) is 3.33. The normalized spacial score (nSPS) is 13.8. The number of rotatable bonds is 6. The van der Waals surface area contributed by atoms with Crippen molar-refractivity contribution in [3.8, 4) is 10.8 Å². The molecule has 0 saturated carbocycles. The highest BCUT2D eigenvalue weighted by Crippen LogP contribution is 2.29. The Kier molecular flexibility index (Phi) is 4.89. The minimum atomic E-state index is -0.951. The van der Waals surface area contributed by atoms with Gasteiger partial charge in [-0.15, -0.1) is 11.3 Å². The highest BCUT2D eigenvalue weighted by Gasteiger charge is 2.34. The van der Waals surface area contributed by atoms with Crippen LogP contribution in [-0.4, -0.2) is 27.5 Å². The van der Waals surface area contributed by atoms with Gasteiger partial charge in [0.05, 0.1) is 18.2 Å². The average molecular weight is 336 g/mol.